The van der Waals surface area contributed by atoms with Gasteiger partial charge in [-0.3, -0.25) is 0 Å². The van der Waals surface area contributed by atoms with Crippen molar-refractivity contribution in [2.24, 2.45) is 5.73 Å². The Labute approximate surface area is 102 Å². The molecule has 1 aromatic carbocycles. The quantitative estimate of drug-likeness (QED) is 0.820. The zero-order valence-corrected chi connectivity index (χ0v) is 10.5. The molecule has 94 valence electrons. The van der Waals surface area contributed by atoms with Gasteiger partial charge in [0.25, 0.3) is 0 Å². The van der Waals surface area contributed by atoms with Crippen molar-refractivity contribution in [3.63, 3.8) is 0 Å². The van der Waals surface area contributed by atoms with E-state index in [4.69, 9.17) is 19.9 Å². The van der Waals surface area contributed by atoms with Crippen LogP contribution in [0.25, 0.3) is 6.08 Å². The Kier molecular flexibility index (Phi) is 5.52. The van der Waals surface area contributed by atoms with Crippen molar-refractivity contribution in [3.05, 3.63) is 29.3 Å². The molecule has 4 nitrogen and oxygen atoms in total. The molecule has 1 aromatic rings. The van der Waals surface area contributed by atoms with E-state index in [0.717, 1.165) is 22.6 Å². The van der Waals surface area contributed by atoms with Crippen molar-refractivity contribution < 1.29 is 14.2 Å². The highest BCUT2D eigenvalue weighted by atomic mass is 16.5. The number of hydrogen-bond acceptors (Lipinski definition) is 4. The van der Waals surface area contributed by atoms with E-state index in [-0.39, 0.29) is 0 Å². The Balaban J connectivity index is 3.18. The second-order valence-electron chi connectivity index (χ2n) is 3.48. The Morgan fingerprint density at radius 3 is 2.12 bits per heavy atom. The first kappa shape index (κ1) is 13.5. The second-order valence-corrected chi connectivity index (χ2v) is 3.48. The normalized spacial score (nSPS) is 10.8. The van der Waals surface area contributed by atoms with Gasteiger partial charge >= 0.3 is 0 Å². The van der Waals surface area contributed by atoms with Crippen LogP contribution in [0.4, 0.5) is 0 Å². The van der Waals surface area contributed by atoms with Crippen molar-refractivity contribution >= 4 is 6.08 Å². The molecule has 0 saturated carbocycles. The van der Waals surface area contributed by atoms with Crippen LogP contribution in [0.2, 0.25) is 0 Å². The van der Waals surface area contributed by atoms with Crippen LogP contribution < -0.4 is 15.2 Å². The lowest BCUT2D eigenvalue weighted by molar-refractivity contribution is 0.178. The van der Waals surface area contributed by atoms with E-state index in [1.54, 1.807) is 21.3 Å². The summed E-state index contributed by atoms with van der Waals surface area (Å²) >= 11 is 0. The first-order valence-electron chi connectivity index (χ1n) is 5.37. The van der Waals surface area contributed by atoms with Crippen molar-refractivity contribution in [2.75, 3.05) is 27.9 Å². The monoisotopic (exact) mass is 237 g/mol. The van der Waals surface area contributed by atoms with E-state index in [2.05, 4.69) is 0 Å². The molecule has 0 aliphatic rings. The van der Waals surface area contributed by atoms with Gasteiger partial charge in [0, 0.05) is 13.7 Å². The molecule has 0 unspecified atom stereocenters. The van der Waals surface area contributed by atoms with E-state index in [9.17, 15) is 0 Å². The van der Waals surface area contributed by atoms with Crippen LogP contribution in [-0.2, 0) is 11.3 Å². The standard InChI is InChI=1S/C13H19NO3/c1-15-9-11-12(16-2)7-10(5-4-6-14)8-13(11)17-3/h4-5,7-8H,6,9,14H2,1-3H3/b5-4+. The number of nitrogens with two attached hydrogens (primary N) is 1. The van der Waals surface area contributed by atoms with Gasteiger partial charge in [0.2, 0.25) is 0 Å². The van der Waals surface area contributed by atoms with Crippen LogP contribution >= 0.6 is 0 Å². The fourth-order valence-corrected chi connectivity index (χ4v) is 1.59. The predicted octanol–water partition coefficient (Wildman–Crippen LogP) is 1.82. The average molecular weight is 237 g/mol. The van der Waals surface area contributed by atoms with Crippen LogP contribution in [0, 0.1) is 0 Å². The van der Waals surface area contributed by atoms with Crippen LogP contribution in [-0.4, -0.2) is 27.9 Å². The molecular formula is C13H19NO3. The predicted molar refractivity (Wildman–Crippen MR) is 68.3 cm³/mol. The number of rotatable bonds is 6. The van der Waals surface area contributed by atoms with Gasteiger partial charge in [-0.05, 0) is 17.7 Å². The highest BCUT2D eigenvalue weighted by Crippen LogP contribution is 2.31. The van der Waals surface area contributed by atoms with Crippen LogP contribution in [0.15, 0.2) is 18.2 Å². The van der Waals surface area contributed by atoms with E-state index in [1.807, 2.05) is 24.3 Å². The molecule has 0 aliphatic heterocycles. The molecule has 0 spiro atoms. The fraction of sp³-hybridized carbons (Fsp3) is 0.385. The molecule has 2 N–H and O–H groups in total. The molecule has 0 atom stereocenters. The summed E-state index contributed by atoms with van der Waals surface area (Å²) in [6.45, 7) is 0.956. The van der Waals surface area contributed by atoms with Gasteiger partial charge in [-0.25, -0.2) is 0 Å². The zero-order chi connectivity index (χ0) is 12.7. The van der Waals surface area contributed by atoms with Gasteiger partial charge in [-0.1, -0.05) is 12.2 Å². The second kappa shape index (κ2) is 6.93. The summed E-state index contributed by atoms with van der Waals surface area (Å²) < 4.78 is 15.8. The summed E-state index contributed by atoms with van der Waals surface area (Å²) in [4.78, 5) is 0. The fourth-order valence-electron chi connectivity index (χ4n) is 1.59. The molecule has 0 radical (unpaired) electrons. The number of hydrogen-bond donors (Lipinski definition) is 1. The van der Waals surface area contributed by atoms with Crippen LogP contribution in [0.5, 0.6) is 11.5 Å². The summed E-state index contributed by atoms with van der Waals surface area (Å²) in [5.41, 5.74) is 7.32. The number of ether oxygens (including phenoxy) is 3. The van der Waals surface area contributed by atoms with Crippen molar-refractivity contribution in [1.82, 2.24) is 0 Å². The lowest BCUT2D eigenvalue weighted by Gasteiger charge is -2.13. The highest BCUT2D eigenvalue weighted by molar-refractivity contribution is 5.59. The Morgan fingerprint density at radius 1 is 1.12 bits per heavy atom. The maximum absolute atomic E-state index is 5.43. The Morgan fingerprint density at radius 2 is 1.71 bits per heavy atom. The summed E-state index contributed by atoms with van der Waals surface area (Å²) in [6, 6.07) is 3.87. The topological polar surface area (TPSA) is 53.7 Å². The summed E-state index contributed by atoms with van der Waals surface area (Å²) in [6.07, 6.45) is 3.81. The highest BCUT2D eigenvalue weighted by Gasteiger charge is 2.11. The molecule has 1 rings (SSSR count). The molecule has 17 heavy (non-hydrogen) atoms. The Bertz CT molecular complexity index is 363. The first-order valence-corrected chi connectivity index (χ1v) is 5.37. The molecule has 0 amide bonds. The van der Waals surface area contributed by atoms with Gasteiger partial charge in [-0.15, -0.1) is 0 Å². The lowest BCUT2D eigenvalue weighted by Crippen LogP contribution is -1.99. The summed E-state index contributed by atoms with van der Waals surface area (Å²) in [7, 11) is 4.90. The molecule has 0 aliphatic carbocycles. The van der Waals surface area contributed by atoms with Gasteiger partial charge in [-0.2, -0.15) is 0 Å². The SMILES string of the molecule is COCc1c(OC)cc(/C=C/CN)cc1OC. The number of methoxy groups -OCH3 is 3. The zero-order valence-electron chi connectivity index (χ0n) is 10.5. The third kappa shape index (κ3) is 3.47. The Hall–Kier alpha value is -1.52. The minimum absolute atomic E-state index is 0.452. The number of benzene rings is 1. The summed E-state index contributed by atoms with van der Waals surface area (Å²) in [5, 5.41) is 0. The minimum Gasteiger partial charge on any atom is -0.496 e. The molecule has 4 heteroatoms. The van der Waals surface area contributed by atoms with E-state index in [0.29, 0.717) is 13.2 Å². The minimum atomic E-state index is 0.452. The maximum Gasteiger partial charge on any atom is 0.128 e. The third-order valence-electron chi connectivity index (χ3n) is 2.37. The van der Waals surface area contributed by atoms with E-state index >= 15 is 0 Å². The summed E-state index contributed by atoms with van der Waals surface area (Å²) in [5.74, 6) is 1.51. The maximum atomic E-state index is 5.43. The van der Waals surface area contributed by atoms with Crippen molar-refractivity contribution in [2.45, 2.75) is 6.61 Å². The first-order chi connectivity index (χ1) is 8.26. The van der Waals surface area contributed by atoms with Crippen LogP contribution in [0.3, 0.4) is 0 Å². The largest absolute Gasteiger partial charge is 0.496 e. The molecule has 0 bridgehead atoms. The molecule has 0 saturated heterocycles. The van der Waals surface area contributed by atoms with Crippen molar-refractivity contribution in [3.8, 4) is 11.5 Å². The van der Waals surface area contributed by atoms with E-state index < -0.39 is 0 Å². The van der Waals surface area contributed by atoms with Gasteiger partial charge in [0.1, 0.15) is 11.5 Å². The molecular weight excluding hydrogens is 218 g/mol. The molecule has 0 aromatic heterocycles. The molecule has 0 fully saturated rings. The third-order valence-corrected chi connectivity index (χ3v) is 2.37. The smallest absolute Gasteiger partial charge is 0.128 e. The average Bonchev–Trinajstić information content (AvgIpc) is 2.37. The lowest BCUT2D eigenvalue weighted by atomic mass is 10.1. The van der Waals surface area contributed by atoms with Gasteiger partial charge < -0.3 is 19.9 Å². The van der Waals surface area contributed by atoms with Crippen LogP contribution in [0.1, 0.15) is 11.1 Å². The van der Waals surface area contributed by atoms with Gasteiger partial charge in [0.15, 0.2) is 0 Å². The van der Waals surface area contributed by atoms with Crippen molar-refractivity contribution in [1.29, 1.82) is 0 Å². The molecule has 0 heterocycles. The van der Waals surface area contributed by atoms with Gasteiger partial charge in [0.05, 0.1) is 26.4 Å². The van der Waals surface area contributed by atoms with E-state index in [1.165, 1.54) is 0 Å².